The number of rotatable bonds is 6. The highest BCUT2D eigenvalue weighted by atomic mass is 19.3. The van der Waals surface area contributed by atoms with E-state index in [1.54, 1.807) is 12.1 Å². The van der Waals surface area contributed by atoms with E-state index < -0.39 is 6.61 Å². The van der Waals surface area contributed by atoms with Gasteiger partial charge in [0.15, 0.2) is 0 Å². The first-order valence-corrected chi connectivity index (χ1v) is 7.37. The van der Waals surface area contributed by atoms with E-state index in [1.165, 1.54) is 25.7 Å². The van der Waals surface area contributed by atoms with Gasteiger partial charge >= 0.3 is 6.61 Å². The molecule has 1 N–H and O–H groups in total. The number of benzene rings is 1. The van der Waals surface area contributed by atoms with Gasteiger partial charge in [0.25, 0.3) is 0 Å². The van der Waals surface area contributed by atoms with E-state index in [0.29, 0.717) is 6.04 Å². The van der Waals surface area contributed by atoms with E-state index in [0.717, 1.165) is 11.5 Å². The van der Waals surface area contributed by atoms with E-state index in [4.69, 9.17) is 0 Å². The summed E-state index contributed by atoms with van der Waals surface area (Å²) < 4.78 is 28.5. The van der Waals surface area contributed by atoms with Crippen LogP contribution in [0.4, 0.5) is 8.78 Å². The van der Waals surface area contributed by atoms with Crippen molar-refractivity contribution < 1.29 is 13.5 Å². The lowest BCUT2D eigenvalue weighted by Crippen LogP contribution is -2.34. The van der Waals surface area contributed by atoms with Crippen LogP contribution in [0.5, 0.6) is 5.75 Å². The summed E-state index contributed by atoms with van der Waals surface area (Å²) in [7, 11) is 0. The quantitative estimate of drug-likeness (QED) is 0.829. The third kappa shape index (κ3) is 4.17. The number of hydrogen-bond donors (Lipinski definition) is 1. The summed E-state index contributed by atoms with van der Waals surface area (Å²) >= 11 is 0. The normalized spacial score (nSPS) is 19.2. The van der Waals surface area contributed by atoms with Crippen molar-refractivity contribution in [2.24, 2.45) is 5.92 Å². The predicted molar refractivity (Wildman–Crippen MR) is 76.0 cm³/mol. The fourth-order valence-corrected chi connectivity index (χ4v) is 3.02. The molecule has 0 saturated heterocycles. The van der Waals surface area contributed by atoms with Crippen molar-refractivity contribution in [3.8, 4) is 5.75 Å². The van der Waals surface area contributed by atoms with Crippen LogP contribution in [-0.4, -0.2) is 12.7 Å². The maximum atomic E-state index is 12.1. The molecule has 20 heavy (non-hydrogen) atoms. The van der Waals surface area contributed by atoms with Crippen LogP contribution in [0.2, 0.25) is 0 Å². The van der Waals surface area contributed by atoms with Crippen LogP contribution in [0.25, 0.3) is 0 Å². The zero-order chi connectivity index (χ0) is 14.5. The van der Waals surface area contributed by atoms with Gasteiger partial charge in [0, 0.05) is 12.1 Å². The minimum atomic E-state index is -2.77. The van der Waals surface area contributed by atoms with Crippen molar-refractivity contribution in [1.29, 1.82) is 0 Å². The molecule has 1 unspecified atom stereocenters. The molecule has 0 heterocycles. The average Bonchev–Trinajstić information content (AvgIpc) is 2.92. The molecule has 0 amide bonds. The molecule has 2 rings (SSSR count). The zero-order valence-electron chi connectivity index (χ0n) is 12.1. The largest absolute Gasteiger partial charge is 0.435 e. The maximum Gasteiger partial charge on any atom is 0.387 e. The van der Waals surface area contributed by atoms with Crippen LogP contribution < -0.4 is 10.1 Å². The lowest BCUT2D eigenvalue weighted by Gasteiger charge is -2.25. The standard InChI is InChI=1S/C16H23F2NO/c1-11(13-5-3-4-6-13)19-12(2)14-7-9-15(10-8-14)20-16(17)18/h7-13,16,19H,3-6H2,1-2H3/t11-,12?/m1/s1. The summed E-state index contributed by atoms with van der Waals surface area (Å²) in [4.78, 5) is 0. The van der Waals surface area contributed by atoms with Crippen LogP contribution in [-0.2, 0) is 0 Å². The molecule has 1 aliphatic rings. The zero-order valence-corrected chi connectivity index (χ0v) is 12.1. The number of alkyl halides is 2. The monoisotopic (exact) mass is 283 g/mol. The summed E-state index contributed by atoms with van der Waals surface area (Å²) in [6.45, 7) is 1.58. The number of hydrogen-bond acceptors (Lipinski definition) is 2. The molecule has 0 aromatic heterocycles. The first-order chi connectivity index (χ1) is 9.56. The summed E-state index contributed by atoms with van der Waals surface area (Å²) in [6, 6.07) is 7.59. The van der Waals surface area contributed by atoms with Crippen LogP contribution in [0.15, 0.2) is 24.3 Å². The Morgan fingerprint density at radius 1 is 1.10 bits per heavy atom. The molecule has 112 valence electrons. The minimum Gasteiger partial charge on any atom is -0.435 e. The fourth-order valence-electron chi connectivity index (χ4n) is 3.02. The fraction of sp³-hybridized carbons (Fsp3) is 0.625. The molecule has 2 nitrogen and oxygen atoms in total. The molecule has 0 bridgehead atoms. The van der Waals surface area contributed by atoms with Crippen molar-refractivity contribution in [2.75, 3.05) is 0 Å². The predicted octanol–water partition coefficient (Wildman–Crippen LogP) is 4.52. The average molecular weight is 283 g/mol. The van der Waals surface area contributed by atoms with Crippen molar-refractivity contribution in [2.45, 2.75) is 58.2 Å². The topological polar surface area (TPSA) is 21.3 Å². The minimum absolute atomic E-state index is 0.208. The van der Waals surface area contributed by atoms with Crippen molar-refractivity contribution in [3.05, 3.63) is 29.8 Å². The van der Waals surface area contributed by atoms with E-state index in [1.807, 2.05) is 12.1 Å². The highest BCUT2D eigenvalue weighted by Crippen LogP contribution is 2.29. The van der Waals surface area contributed by atoms with E-state index in [9.17, 15) is 8.78 Å². The van der Waals surface area contributed by atoms with Gasteiger partial charge in [0.2, 0.25) is 0 Å². The first kappa shape index (κ1) is 15.2. The highest BCUT2D eigenvalue weighted by molar-refractivity contribution is 5.29. The van der Waals surface area contributed by atoms with Gasteiger partial charge in [-0.15, -0.1) is 0 Å². The molecule has 0 spiro atoms. The Kier molecular flexibility index (Phi) is 5.35. The SMILES string of the molecule is CC(N[C@H](C)C1CCCC1)c1ccc(OC(F)F)cc1. The Morgan fingerprint density at radius 3 is 2.25 bits per heavy atom. The summed E-state index contributed by atoms with van der Waals surface area (Å²) in [5.41, 5.74) is 1.09. The molecule has 1 aromatic rings. The van der Waals surface area contributed by atoms with Gasteiger partial charge in [-0.2, -0.15) is 8.78 Å². The Morgan fingerprint density at radius 2 is 1.70 bits per heavy atom. The van der Waals surface area contributed by atoms with Crippen LogP contribution in [0.3, 0.4) is 0 Å². The third-order valence-electron chi connectivity index (χ3n) is 4.23. The molecular formula is C16H23F2NO. The van der Waals surface area contributed by atoms with Gasteiger partial charge in [-0.25, -0.2) is 0 Å². The van der Waals surface area contributed by atoms with Gasteiger partial charge in [-0.1, -0.05) is 25.0 Å². The number of ether oxygens (including phenoxy) is 1. The van der Waals surface area contributed by atoms with E-state index >= 15 is 0 Å². The number of nitrogens with one attached hydrogen (secondary N) is 1. The van der Waals surface area contributed by atoms with Gasteiger partial charge in [-0.3, -0.25) is 0 Å². The van der Waals surface area contributed by atoms with Crippen molar-refractivity contribution in [3.63, 3.8) is 0 Å². The summed E-state index contributed by atoms with van der Waals surface area (Å²) in [5.74, 6) is 0.971. The van der Waals surface area contributed by atoms with Gasteiger partial charge in [0.1, 0.15) is 5.75 Å². The molecule has 1 aliphatic carbocycles. The summed E-state index contributed by atoms with van der Waals surface area (Å²) in [6.07, 6.45) is 5.29. The van der Waals surface area contributed by atoms with Crippen molar-refractivity contribution in [1.82, 2.24) is 5.32 Å². The van der Waals surface area contributed by atoms with Gasteiger partial charge in [0.05, 0.1) is 0 Å². The Hall–Kier alpha value is -1.16. The van der Waals surface area contributed by atoms with Crippen LogP contribution in [0.1, 0.15) is 51.1 Å². The lowest BCUT2D eigenvalue weighted by atomic mass is 9.98. The third-order valence-corrected chi connectivity index (χ3v) is 4.23. The second kappa shape index (κ2) is 7.02. The van der Waals surface area contributed by atoms with Gasteiger partial charge in [-0.05, 0) is 50.3 Å². The van der Waals surface area contributed by atoms with E-state index in [-0.39, 0.29) is 11.8 Å². The van der Waals surface area contributed by atoms with Crippen LogP contribution in [0, 0.1) is 5.92 Å². The van der Waals surface area contributed by atoms with Crippen molar-refractivity contribution >= 4 is 0 Å². The molecule has 1 fully saturated rings. The molecule has 4 heteroatoms. The summed E-state index contributed by atoms with van der Waals surface area (Å²) in [5, 5.41) is 3.61. The highest BCUT2D eigenvalue weighted by Gasteiger charge is 2.22. The second-order valence-corrected chi connectivity index (χ2v) is 5.67. The molecule has 0 radical (unpaired) electrons. The second-order valence-electron chi connectivity index (χ2n) is 5.67. The maximum absolute atomic E-state index is 12.1. The Bertz CT molecular complexity index is 401. The smallest absolute Gasteiger partial charge is 0.387 e. The Balaban J connectivity index is 1.89. The van der Waals surface area contributed by atoms with Crippen LogP contribution >= 0.6 is 0 Å². The first-order valence-electron chi connectivity index (χ1n) is 7.37. The molecule has 1 aromatic carbocycles. The molecule has 0 aliphatic heterocycles. The van der Waals surface area contributed by atoms with Gasteiger partial charge < -0.3 is 10.1 Å². The Labute approximate surface area is 119 Å². The molecule has 2 atom stereocenters. The van der Waals surface area contributed by atoms with E-state index in [2.05, 4.69) is 23.9 Å². The molecular weight excluding hydrogens is 260 g/mol. The molecule has 1 saturated carbocycles. The lowest BCUT2D eigenvalue weighted by molar-refractivity contribution is -0.0498. The number of halogens is 2.